The highest BCUT2D eigenvalue weighted by atomic mass is 16.5. The van der Waals surface area contributed by atoms with Crippen molar-refractivity contribution in [3.05, 3.63) is 131 Å². The van der Waals surface area contributed by atoms with E-state index in [1.807, 2.05) is 84.9 Å². The van der Waals surface area contributed by atoms with Crippen LogP contribution >= 0.6 is 0 Å². The molecule has 0 bridgehead atoms. The van der Waals surface area contributed by atoms with E-state index in [4.69, 9.17) is 4.74 Å². The van der Waals surface area contributed by atoms with Gasteiger partial charge in [-0.25, -0.2) is 0 Å². The van der Waals surface area contributed by atoms with Gasteiger partial charge in [0, 0.05) is 17.3 Å². The quantitative estimate of drug-likeness (QED) is 0.111. The molecule has 4 aromatic rings. The number of carbonyl (C=O) groups excluding carboxylic acids is 2. The molecule has 1 aliphatic carbocycles. The normalized spacial score (nSPS) is 22.5. The third-order valence-corrected chi connectivity index (χ3v) is 9.86. The van der Waals surface area contributed by atoms with Crippen molar-refractivity contribution in [3.63, 3.8) is 0 Å². The first-order chi connectivity index (χ1) is 22.9. The predicted molar refractivity (Wildman–Crippen MR) is 187 cm³/mol. The van der Waals surface area contributed by atoms with Gasteiger partial charge < -0.3 is 15.2 Å². The number of imide groups is 1. The van der Waals surface area contributed by atoms with Crippen LogP contribution in [-0.2, 0) is 14.3 Å². The number of phenolic OH excluding ortho intramolecular Hbond substituents is 1. The number of fused-ring (bicyclic) bond motifs is 3. The lowest BCUT2D eigenvalue weighted by Gasteiger charge is -2.33. The summed E-state index contributed by atoms with van der Waals surface area (Å²) in [6.07, 6.45) is 4.14. The summed E-state index contributed by atoms with van der Waals surface area (Å²) in [7, 11) is 0. The van der Waals surface area contributed by atoms with Gasteiger partial charge in [-0.3, -0.25) is 14.5 Å². The van der Waals surface area contributed by atoms with Gasteiger partial charge in [-0.05, 0) is 96.0 Å². The number of ether oxygens (including phenoxy) is 1. The number of phenols is 1. The van der Waals surface area contributed by atoms with Gasteiger partial charge in [-0.15, -0.1) is 0 Å². The maximum atomic E-state index is 14.1. The molecule has 0 radical (unpaired) electrons. The number of aromatic hydroxyl groups is 1. The van der Waals surface area contributed by atoms with Crippen LogP contribution in [0.3, 0.4) is 0 Å². The molecule has 4 aromatic carbocycles. The lowest BCUT2D eigenvalue weighted by Crippen LogP contribution is -2.35. The third kappa shape index (κ3) is 6.13. The van der Waals surface area contributed by atoms with E-state index in [9.17, 15) is 14.7 Å². The predicted octanol–water partition coefficient (Wildman–Crippen LogP) is 8.63. The Bertz CT molecular complexity index is 1830. The van der Waals surface area contributed by atoms with Gasteiger partial charge in [0.2, 0.25) is 11.8 Å². The maximum absolute atomic E-state index is 14.1. The number of nitrogens with zero attached hydrogens (tertiary/aromatic N) is 1. The van der Waals surface area contributed by atoms with E-state index in [-0.39, 0.29) is 41.4 Å². The smallest absolute Gasteiger partial charge is 0.238 e. The van der Waals surface area contributed by atoms with Crippen LogP contribution in [0.2, 0.25) is 0 Å². The minimum Gasteiger partial charge on any atom is -0.508 e. The van der Waals surface area contributed by atoms with Crippen LogP contribution in [0.5, 0.6) is 5.75 Å². The molecular weight excluding hydrogens is 584 g/mol. The van der Waals surface area contributed by atoms with Gasteiger partial charge in [-0.1, -0.05) is 86.2 Å². The second-order valence-electron chi connectivity index (χ2n) is 13.1. The van der Waals surface area contributed by atoms with Crippen LogP contribution in [0, 0.1) is 23.7 Å². The molecule has 4 atom stereocenters. The second kappa shape index (κ2) is 13.0. The second-order valence-corrected chi connectivity index (χ2v) is 13.1. The van der Waals surface area contributed by atoms with Crippen LogP contribution < -0.4 is 10.2 Å². The van der Waals surface area contributed by atoms with Crippen molar-refractivity contribution in [1.29, 1.82) is 0 Å². The Morgan fingerprint density at radius 3 is 2.28 bits per heavy atom. The standard InChI is InChI=1S/C41H40N2O4/c1-26(2)34-24-35-39(41(46)43(40(35)45)32-19-17-31(18-20-32)42-30-13-7-4-8-14-30)36-25-47-37(38(34)36)21-16-29(28-11-5-3-6-12-28)22-27-10-9-15-33(44)23-27/h3-15,17-20,22-23,26,35-37,39,42,44H,16,21,24-25H2,1-2H3/b29-22-/t35-,36+,37-,39-/m1/s1. The molecule has 2 N–H and O–H groups in total. The van der Waals surface area contributed by atoms with E-state index >= 15 is 0 Å². The molecule has 6 heteroatoms. The number of anilines is 3. The fourth-order valence-electron chi connectivity index (χ4n) is 7.65. The van der Waals surface area contributed by atoms with Crippen molar-refractivity contribution in [1.82, 2.24) is 0 Å². The van der Waals surface area contributed by atoms with Crippen LogP contribution in [0.15, 0.2) is 120 Å². The minimum absolute atomic E-state index is 0.105. The van der Waals surface area contributed by atoms with Crippen LogP contribution in [0.4, 0.5) is 17.1 Å². The maximum Gasteiger partial charge on any atom is 0.238 e. The van der Waals surface area contributed by atoms with Crippen molar-refractivity contribution < 1.29 is 19.4 Å². The SMILES string of the molecule is CC(C)C1=C2[C@@H](CC/C(=C/c3cccc(O)c3)c3ccccc3)OC[C@@H]2[C@@H]2C(=O)N(c3ccc(Nc4ccccc4)cc3)C(=O)[C@@H]2C1. The summed E-state index contributed by atoms with van der Waals surface area (Å²) in [5, 5.41) is 13.4. The molecule has 238 valence electrons. The zero-order valence-corrected chi connectivity index (χ0v) is 26.8. The zero-order valence-electron chi connectivity index (χ0n) is 26.8. The summed E-state index contributed by atoms with van der Waals surface area (Å²) in [5.41, 5.74) is 8.20. The molecule has 3 aliphatic rings. The van der Waals surface area contributed by atoms with Gasteiger partial charge >= 0.3 is 0 Å². The van der Waals surface area contributed by atoms with Crippen molar-refractivity contribution in [2.75, 3.05) is 16.8 Å². The van der Waals surface area contributed by atoms with E-state index in [0.717, 1.165) is 40.9 Å². The highest BCUT2D eigenvalue weighted by Gasteiger charge is 2.57. The number of para-hydroxylation sites is 1. The summed E-state index contributed by atoms with van der Waals surface area (Å²) < 4.78 is 6.53. The Balaban J connectivity index is 1.12. The first-order valence-electron chi connectivity index (χ1n) is 16.6. The summed E-state index contributed by atoms with van der Waals surface area (Å²) in [4.78, 5) is 29.5. The Kier molecular flexibility index (Phi) is 8.52. The summed E-state index contributed by atoms with van der Waals surface area (Å²) in [6.45, 7) is 4.81. The highest BCUT2D eigenvalue weighted by molar-refractivity contribution is 6.22. The molecule has 2 saturated heterocycles. The molecule has 2 fully saturated rings. The van der Waals surface area contributed by atoms with Crippen molar-refractivity contribution in [3.8, 4) is 5.75 Å². The highest BCUT2D eigenvalue weighted by Crippen LogP contribution is 2.52. The average Bonchev–Trinajstić information content (AvgIpc) is 3.61. The number of benzene rings is 4. The van der Waals surface area contributed by atoms with Gasteiger partial charge in [0.05, 0.1) is 30.2 Å². The fourth-order valence-corrected chi connectivity index (χ4v) is 7.65. The molecule has 2 aliphatic heterocycles. The number of amides is 2. The number of rotatable bonds is 9. The molecule has 0 saturated carbocycles. The van der Waals surface area contributed by atoms with Gasteiger partial charge in [0.25, 0.3) is 0 Å². The number of hydrogen-bond donors (Lipinski definition) is 2. The molecule has 2 amide bonds. The molecule has 7 rings (SSSR count). The summed E-state index contributed by atoms with van der Waals surface area (Å²) in [6, 6.07) is 35.0. The zero-order chi connectivity index (χ0) is 32.5. The van der Waals surface area contributed by atoms with E-state index in [2.05, 4.69) is 37.4 Å². The molecule has 0 aromatic heterocycles. The lowest BCUT2D eigenvalue weighted by molar-refractivity contribution is -0.122. The largest absolute Gasteiger partial charge is 0.508 e. The first kappa shape index (κ1) is 30.7. The van der Waals surface area contributed by atoms with Gasteiger partial charge in [0.1, 0.15) is 5.75 Å². The van der Waals surface area contributed by atoms with Crippen LogP contribution in [-0.4, -0.2) is 29.6 Å². The number of nitrogens with one attached hydrogen (secondary N) is 1. The number of carbonyl (C=O) groups is 2. The Morgan fingerprint density at radius 2 is 1.57 bits per heavy atom. The van der Waals surface area contributed by atoms with E-state index in [1.54, 1.807) is 12.1 Å². The Labute approximate surface area is 276 Å². The average molecular weight is 625 g/mol. The minimum atomic E-state index is -0.413. The topological polar surface area (TPSA) is 78.9 Å². The van der Waals surface area contributed by atoms with Crippen molar-refractivity contribution in [2.45, 2.75) is 39.2 Å². The fraction of sp³-hybridized carbons (Fsp3) is 0.268. The molecule has 0 spiro atoms. The molecule has 2 heterocycles. The Morgan fingerprint density at radius 1 is 0.872 bits per heavy atom. The van der Waals surface area contributed by atoms with Crippen molar-refractivity contribution >= 4 is 40.5 Å². The van der Waals surface area contributed by atoms with Crippen LogP contribution in [0.25, 0.3) is 11.6 Å². The molecule has 6 nitrogen and oxygen atoms in total. The van der Waals surface area contributed by atoms with Crippen molar-refractivity contribution in [2.24, 2.45) is 23.7 Å². The van der Waals surface area contributed by atoms with E-state index in [1.165, 1.54) is 16.0 Å². The number of hydrogen-bond acceptors (Lipinski definition) is 5. The summed E-state index contributed by atoms with van der Waals surface area (Å²) in [5.74, 6) is -0.633. The molecular formula is C41H40N2O4. The molecule has 0 unspecified atom stereocenters. The van der Waals surface area contributed by atoms with E-state index < -0.39 is 5.92 Å². The van der Waals surface area contributed by atoms with Gasteiger partial charge in [-0.2, -0.15) is 0 Å². The lowest BCUT2D eigenvalue weighted by atomic mass is 9.67. The monoisotopic (exact) mass is 624 g/mol. The summed E-state index contributed by atoms with van der Waals surface area (Å²) >= 11 is 0. The first-order valence-corrected chi connectivity index (χ1v) is 16.6. The van der Waals surface area contributed by atoms with Gasteiger partial charge in [0.15, 0.2) is 0 Å². The third-order valence-electron chi connectivity index (χ3n) is 9.86. The van der Waals surface area contributed by atoms with E-state index in [0.29, 0.717) is 18.7 Å². The molecule has 47 heavy (non-hydrogen) atoms. The van der Waals surface area contributed by atoms with Crippen LogP contribution in [0.1, 0.15) is 44.2 Å². The Hall–Kier alpha value is -4.94. The number of allylic oxidation sites excluding steroid dienone is 2.